The highest BCUT2D eigenvalue weighted by Gasteiger charge is 2.54. The number of aromatic nitrogens is 3. The summed E-state index contributed by atoms with van der Waals surface area (Å²) in [5, 5.41) is 23.3. The van der Waals surface area contributed by atoms with Crippen molar-refractivity contribution in [3.8, 4) is 17.9 Å². The van der Waals surface area contributed by atoms with E-state index in [2.05, 4.69) is 49.1 Å². The monoisotopic (exact) mass is 610 g/mol. The molecule has 9 nitrogen and oxygen atoms in total. The van der Waals surface area contributed by atoms with E-state index >= 15 is 4.39 Å². The number of nitriles is 1. The molecule has 1 unspecified atom stereocenters. The SMILES string of the molecule is CSc1nc2c(F)c(Br)c(CCC#N)cc2c(N[C@H]2[C@@H]3C[C@H]2N(C(=O)O)C3)c1C#CC(C)n1ccncc1=O. The first-order valence-corrected chi connectivity index (χ1v) is 14.3. The fourth-order valence-corrected chi connectivity index (χ4v) is 6.34. The normalized spacial score (nSPS) is 20.1. The van der Waals surface area contributed by atoms with E-state index in [1.54, 1.807) is 13.1 Å². The Labute approximate surface area is 236 Å². The highest BCUT2D eigenvalue weighted by molar-refractivity contribution is 9.10. The van der Waals surface area contributed by atoms with Crippen molar-refractivity contribution in [2.24, 2.45) is 5.92 Å². The van der Waals surface area contributed by atoms with Crippen LogP contribution < -0.4 is 10.9 Å². The molecular formula is C27H24BrFN6O3S. The minimum absolute atomic E-state index is 0.125. The van der Waals surface area contributed by atoms with Crippen molar-refractivity contribution in [2.75, 3.05) is 18.1 Å². The standard InChI is InChI=1S/C27H24BrFN6O3S/c1-14(34-9-8-31-12-20(34)36)5-6-17-24(32-23-16-11-19(23)35(13-16)27(37)38)18-10-15(4-3-7-30)21(28)22(29)25(18)33-26(17)39-2/h8-10,12,14,16,19,23H,3-4,11,13H2,1-2H3,(H,32,33)(H,37,38)/t14?,16-,19-,23+/m1/s1. The van der Waals surface area contributed by atoms with Crippen LogP contribution in [-0.4, -0.2) is 55.5 Å². The number of hydrogen-bond acceptors (Lipinski definition) is 7. The van der Waals surface area contributed by atoms with Gasteiger partial charge in [0.05, 0.1) is 46.1 Å². The largest absolute Gasteiger partial charge is 0.465 e. The Morgan fingerprint density at radius 2 is 2.26 bits per heavy atom. The third-order valence-corrected chi connectivity index (χ3v) is 8.87. The summed E-state index contributed by atoms with van der Waals surface area (Å²) in [6.45, 7) is 2.23. The zero-order chi connectivity index (χ0) is 27.8. The first-order chi connectivity index (χ1) is 18.7. The highest BCUT2D eigenvalue weighted by Crippen LogP contribution is 2.45. The minimum atomic E-state index is -0.957. The van der Waals surface area contributed by atoms with Gasteiger partial charge in [0.15, 0.2) is 5.82 Å². The molecule has 6 rings (SSSR count). The molecule has 4 heterocycles. The molecule has 2 aliphatic heterocycles. The van der Waals surface area contributed by atoms with Crippen molar-refractivity contribution in [2.45, 2.75) is 49.3 Å². The maximum absolute atomic E-state index is 15.7. The molecular weight excluding hydrogens is 587 g/mol. The van der Waals surface area contributed by atoms with E-state index in [9.17, 15) is 14.7 Å². The molecule has 12 heteroatoms. The summed E-state index contributed by atoms with van der Waals surface area (Å²) in [6, 6.07) is 3.09. The van der Waals surface area contributed by atoms with Crippen LogP contribution in [0.25, 0.3) is 10.9 Å². The number of fused-ring (bicyclic) bond motifs is 2. The summed E-state index contributed by atoms with van der Waals surface area (Å²) in [6.07, 6.45) is 6.50. The number of benzene rings is 1. The zero-order valence-corrected chi connectivity index (χ0v) is 23.5. The Bertz CT molecular complexity index is 1640. The van der Waals surface area contributed by atoms with Crippen LogP contribution in [0.15, 0.2) is 39.0 Å². The lowest BCUT2D eigenvalue weighted by Gasteiger charge is -2.37. The summed E-state index contributed by atoms with van der Waals surface area (Å²) in [7, 11) is 0. The van der Waals surface area contributed by atoms with Gasteiger partial charge in [0.25, 0.3) is 5.56 Å². The second-order valence-corrected chi connectivity index (χ2v) is 11.1. The molecule has 3 aromatic rings. The first kappa shape index (κ1) is 27.0. The molecule has 200 valence electrons. The molecule has 1 aliphatic carbocycles. The fourth-order valence-electron chi connectivity index (χ4n) is 5.30. The number of nitrogens with one attached hydrogen (secondary N) is 1. The Morgan fingerprint density at radius 3 is 2.92 bits per heavy atom. The number of aryl methyl sites for hydroxylation is 1. The van der Waals surface area contributed by atoms with Gasteiger partial charge in [0.2, 0.25) is 0 Å². The zero-order valence-electron chi connectivity index (χ0n) is 21.1. The highest BCUT2D eigenvalue weighted by atomic mass is 79.9. The quantitative estimate of drug-likeness (QED) is 0.305. The Morgan fingerprint density at radius 1 is 1.46 bits per heavy atom. The van der Waals surface area contributed by atoms with Crippen LogP contribution >= 0.6 is 27.7 Å². The smallest absolute Gasteiger partial charge is 0.407 e. The summed E-state index contributed by atoms with van der Waals surface area (Å²) in [4.78, 5) is 33.9. The van der Waals surface area contributed by atoms with E-state index < -0.39 is 18.0 Å². The number of hydrogen-bond donors (Lipinski definition) is 2. The van der Waals surface area contributed by atoms with Crippen molar-refractivity contribution in [1.82, 2.24) is 19.4 Å². The van der Waals surface area contributed by atoms with Gasteiger partial charge >= 0.3 is 6.09 Å². The molecule has 0 spiro atoms. The number of carbonyl (C=O) groups is 1. The summed E-state index contributed by atoms with van der Waals surface area (Å²) in [5.74, 6) is 5.92. The van der Waals surface area contributed by atoms with Gasteiger partial charge in [-0.05, 0) is 53.6 Å². The number of amides is 1. The van der Waals surface area contributed by atoms with Gasteiger partial charge in [-0.2, -0.15) is 5.26 Å². The Hall–Kier alpha value is -3.61. The van der Waals surface area contributed by atoms with Gasteiger partial charge in [-0.25, -0.2) is 14.2 Å². The van der Waals surface area contributed by atoms with Crippen molar-refractivity contribution in [1.29, 1.82) is 5.26 Å². The molecule has 1 saturated carbocycles. The van der Waals surface area contributed by atoms with E-state index in [1.807, 2.05) is 12.3 Å². The van der Waals surface area contributed by atoms with Gasteiger partial charge in [-0.1, -0.05) is 11.8 Å². The second kappa shape index (κ2) is 10.9. The van der Waals surface area contributed by atoms with Crippen LogP contribution in [0.5, 0.6) is 0 Å². The first-order valence-electron chi connectivity index (χ1n) is 12.3. The third-order valence-electron chi connectivity index (χ3n) is 7.33. The van der Waals surface area contributed by atoms with E-state index in [1.165, 1.54) is 33.6 Å². The number of halogens is 2. The average Bonchev–Trinajstić information content (AvgIpc) is 3.52. The van der Waals surface area contributed by atoms with E-state index in [0.29, 0.717) is 40.2 Å². The van der Waals surface area contributed by atoms with Crippen LogP contribution in [0.1, 0.15) is 36.9 Å². The molecule has 39 heavy (non-hydrogen) atoms. The molecule has 2 saturated heterocycles. The van der Waals surface area contributed by atoms with Gasteiger partial charge in [-0.3, -0.25) is 14.3 Å². The van der Waals surface area contributed by atoms with Gasteiger partial charge in [0.1, 0.15) is 10.5 Å². The lowest BCUT2D eigenvalue weighted by molar-refractivity contribution is 0.140. The number of carboxylic acid groups (broad SMARTS) is 1. The predicted octanol–water partition coefficient (Wildman–Crippen LogP) is 4.65. The van der Waals surface area contributed by atoms with Crippen molar-refractivity contribution in [3.63, 3.8) is 0 Å². The lowest BCUT2D eigenvalue weighted by Crippen LogP contribution is -2.49. The Kier molecular flexibility index (Phi) is 7.52. The number of thioether (sulfide) groups is 1. The number of anilines is 1. The van der Waals surface area contributed by atoms with Crippen LogP contribution in [0.4, 0.5) is 14.9 Å². The summed E-state index contributed by atoms with van der Waals surface area (Å²) in [5.41, 5.74) is 1.61. The lowest BCUT2D eigenvalue weighted by atomic mass is 9.79. The van der Waals surface area contributed by atoms with Crippen molar-refractivity contribution in [3.05, 3.63) is 56.4 Å². The van der Waals surface area contributed by atoms with E-state index in [0.717, 1.165) is 6.42 Å². The number of nitrogens with zero attached hydrogens (tertiary/aromatic N) is 5. The molecule has 4 atom stereocenters. The van der Waals surface area contributed by atoms with Gasteiger partial charge in [-0.15, -0.1) is 11.8 Å². The molecule has 2 N–H and O–H groups in total. The van der Waals surface area contributed by atoms with Gasteiger partial charge < -0.3 is 15.3 Å². The molecule has 1 aromatic carbocycles. The Balaban J connectivity index is 1.68. The van der Waals surface area contributed by atoms with Crippen LogP contribution in [-0.2, 0) is 6.42 Å². The van der Waals surface area contributed by atoms with Gasteiger partial charge in [0, 0.05) is 36.7 Å². The fraction of sp³-hybridized carbons (Fsp3) is 0.370. The van der Waals surface area contributed by atoms with Crippen LogP contribution in [0.2, 0.25) is 0 Å². The van der Waals surface area contributed by atoms with Crippen LogP contribution in [0, 0.1) is 34.9 Å². The molecule has 1 amide bonds. The summed E-state index contributed by atoms with van der Waals surface area (Å²) >= 11 is 4.66. The average molecular weight is 611 g/mol. The predicted molar refractivity (Wildman–Crippen MR) is 149 cm³/mol. The summed E-state index contributed by atoms with van der Waals surface area (Å²) < 4.78 is 17.4. The topological polar surface area (TPSA) is 124 Å². The molecule has 0 radical (unpaired) electrons. The maximum atomic E-state index is 15.7. The number of rotatable bonds is 6. The van der Waals surface area contributed by atoms with Crippen LogP contribution in [0.3, 0.4) is 0 Å². The third kappa shape index (κ3) is 4.83. The number of pyridine rings is 1. The second-order valence-electron chi connectivity index (χ2n) is 9.52. The van der Waals surface area contributed by atoms with Crippen molar-refractivity contribution >= 4 is 50.4 Å². The maximum Gasteiger partial charge on any atom is 0.407 e. The minimum Gasteiger partial charge on any atom is -0.465 e. The van der Waals surface area contributed by atoms with Crippen molar-refractivity contribution < 1.29 is 14.3 Å². The molecule has 2 aromatic heterocycles. The molecule has 3 fully saturated rings. The molecule has 2 bridgehead atoms. The molecule has 3 aliphatic rings. The van der Waals surface area contributed by atoms with E-state index in [-0.39, 0.29) is 40.0 Å². The van der Waals surface area contributed by atoms with E-state index in [4.69, 9.17) is 5.26 Å².